The molecule has 0 saturated carbocycles. The SMILES string of the molecule is C#CCCCCNS(=O)(=O)c1cccc(C)c1. The van der Waals surface area contributed by atoms with E-state index >= 15 is 0 Å². The van der Waals surface area contributed by atoms with Gasteiger partial charge in [0.25, 0.3) is 0 Å². The summed E-state index contributed by atoms with van der Waals surface area (Å²) in [5.74, 6) is 2.53. The van der Waals surface area contributed by atoms with Crippen LogP contribution in [-0.2, 0) is 10.0 Å². The molecule has 92 valence electrons. The molecule has 1 aromatic rings. The molecule has 1 N–H and O–H groups in total. The molecule has 0 amide bonds. The summed E-state index contributed by atoms with van der Waals surface area (Å²) in [4.78, 5) is 0.314. The van der Waals surface area contributed by atoms with Gasteiger partial charge in [0.2, 0.25) is 10.0 Å². The van der Waals surface area contributed by atoms with Crippen molar-refractivity contribution in [1.29, 1.82) is 0 Å². The second kappa shape index (κ2) is 6.43. The number of benzene rings is 1. The molecule has 17 heavy (non-hydrogen) atoms. The number of nitrogens with one attached hydrogen (secondary N) is 1. The van der Waals surface area contributed by atoms with E-state index in [0.29, 0.717) is 17.9 Å². The maximum Gasteiger partial charge on any atom is 0.240 e. The summed E-state index contributed by atoms with van der Waals surface area (Å²) < 4.78 is 26.3. The van der Waals surface area contributed by atoms with Gasteiger partial charge in [-0.25, -0.2) is 13.1 Å². The van der Waals surface area contributed by atoms with Crippen LogP contribution in [0, 0.1) is 19.3 Å². The maximum absolute atomic E-state index is 11.9. The van der Waals surface area contributed by atoms with Crippen molar-refractivity contribution in [2.45, 2.75) is 31.1 Å². The number of sulfonamides is 1. The van der Waals surface area contributed by atoms with Crippen molar-refractivity contribution in [3.8, 4) is 12.3 Å². The molecule has 1 rings (SSSR count). The van der Waals surface area contributed by atoms with Crippen molar-refractivity contribution < 1.29 is 8.42 Å². The molecule has 0 fully saturated rings. The van der Waals surface area contributed by atoms with Crippen molar-refractivity contribution in [3.05, 3.63) is 29.8 Å². The van der Waals surface area contributed by atoms with E-state index in [1.807, 2.05) is 13.0 Å². The van der Waals surface area contributed by atoms with Crippen molar-refractivity contribution in [3.63, 3.8) is 0 Å². The van der Waals surface area contributed by atoms with Crippen LogP contribution < -0.4 is 4.72 Å². The summed E-state index contributed by atoms with van der Waals surface area (Å²) in [6.07, 6.45) is 7.40. The quantitative estimate of drug-likeness (QED) is 0.621. The van der Waals surface area contributed by atoms with Crippen LogP contribution in [0.2, 0.25) is 0 Å². The molecular weight excluding hydrogens is 234 g/mol. The van der Waals surface area contributed by atoms with Gasteiger partial charge < -0.3 is 0 Å². The van der Waals surface area contributed by atoms with Crippen molar-refractivity contribution in [2.24, 2.45) is 0 Å². The summed E-state index contributed by atoms with van der Waals surface area (Å²) in [6, 6.07) is 6.86. The number of hydrogen-bond acceptors (Lipinski definition) is 2. The van der Waals surface area contributed by atoms with E-state index in [1.165, 1.54) is 0 Å². The Balaban J connectivity index is 2.55. The second-order valence-corrected chi connectivity index (χ2v) is 5.64. The third-order valence-corrected chi connectivity index (χ3v) is 3.80. The molecule has 0 spiro atoms. The van der Waals surface area contributed by atoms with E-state index < -0.39 is 10.0 Å². The van der Waals surface area contributed by atoms with Crippen LogP contribution in [0.15, 0.2) is 29.2 Å². The Bertz CT molecular complexity index is 500. The minimum atomic E-state index is -3.37. The Kier molecular flexibility index (Phi) is 5.20. The standard InChI is InChI=1S/C13H17NO2S/c1-3-4-5-6-10-14-17(15,16)13-9-7-8-12(2)11-13/h1,7-9,11,14H,4-6,10H2,2H3. The summed E-state index contributed by atoms with van der Waals surface area (Å²) >= 11 is 0. The monoisotopic (exact) mass is 251 g/mol. The Morgan fingerprint density at radius 1 is 1.35 bits per heavy atom. The lowest BCUT2D eigenvalue weighted by atomic mass is 10.2. The summed E-state index contributed by atoms with van der Waals surface area (Å²) in [5, 5.41) is 0. The number of hydrogen-bond donors (Lipinski definition) is 1. The summed E-state index contributed by atoms with van der Waals surface area (Å²) in [7, 11) is -3.37. The van der Waals surface area contributed by atoms with Crippen LogP contribution in [0.1, 0.15) is 24.8 Å². The number of rotatable bonds is 6. The zero-order valence-electron chi connectivity index (χ0n) is 9.94. The molecule has 0 aliphatic carbocycles. The molecule has 0 unspecified atom stereocenters. The van der Waals surface area contributed by atoms with Crippen molar-refractivity contribution in [2.75, 3.05) is 6.54 Å². The first-order valence-electron chi connectivity index (χ1n) is 5.56. The zero-order valence-corrected chi connectivity index (χ0v) is 10.8. The molecular formula is C13H17NO2S. The molecule has 1 aromatic carbocycles. The van der Waals surface area contributed by atoms with E-state index in [9.17, 15) is 8.42 Å². The summed E-state index contributed by atoms with van der Waals surface area (Å²) in [6.45, 7) is 2.30. The highest BCUT2D eigenvalue weighted by Crippen LogP contribution is 2.10. The highest BCUT2D eigenvalue weighted by Gasteiger charge is 2.12. The third-order valence-electron chi connectivity index (χ3n) is 2.34. The van der Waals surface area contributed by atoms with Gasteiger partial charge in [-0.1, -0.05) is 12.1 Å². The molecule has 0 atom stereocenters. The average Bonchev–Trinajstić information content (AvgIpc) is 2.29. The smallest absolute Gasteiger partial charge is 0.211 e. The Morgan fingerprint density at radius 2 is 2.12 bits per heavy atom. The van der Waals surface area contributed by atoms with Gasteiger partial charge in [0.05, 0.1) is 4.90 Å². The third kappa shape index (κ3) is 4.59. The van der Waals surface area contributed by atoms with Gasteiger partial charge in [0, 0.05) is 13.0 Å². The largest absolute Gasteiger partial charge is 0.240 e. The lowest BCUT2D eigenvalue weighted by Crippen LogP contribution is -2.24. The fraction of sp³-hybridized carbons (Fsp3) is 0.385. The van der Waals surface area contributed by atoms with Gasteiger partial charge in [-0.2, -0.15) is 0 Å². The van der Waals surface area contributed by atoms with Crippen LogP contribution in [0.4, 0.5) is 0 Å². The van der Waals surface area contributed by atoms with Crippen LogP contribution in [0.25, 0.3) is 0 Å². The van der Waals surface area contributed by atoms with Crippen molar-refractivity contribution >= 4 is 10.0 Å². The highest BCUT2D eigenvalue weighted by atomic mass is 32.2. The molecule has 4 heteroatoms. The van der Waals surface area contributed by atoms with Gasteiger partial charge in [0.1, 0.15) is 0 Å². The van der Waals surface area contributed by atoms with Gasteiger partial charge in [-0.15, -0.1) is 12.3 Å². The Hall–Kier alpha value is -1.31. The predicted octanol–water partition coefficient (Wildman–Crippen LogP) is 2.08. The zero-order chi connectivity index (χ0) is 12.7. The van der Waals surface area contributed by atoms with E-state index in [0.717, 1.165) is 18.4 Å². The molecule has 0 heterocycles. The Morgan fingerprint density at radius 3 is 2.76 bits per heavy atom. The summed E-state index contributed by atoms with van der Waals surface area (Å²) in [5.41, 5.74) is 0.931. The van der Waals surface area contributed by atoms with E-state index in [-0.39, 0.29) is 0 Å². The lowest BCUT2D eigenvalue weighted by molar-refractivity contribution is 0.577. The van der Waals surface area contributed by atoms with E-state index in [1.54, 1.807) is 18.2 Å². The van der Waals surface area contributed by atoms with Gasteiger partial charge in [0.15, 0.2) is 0 Å². The molecule has 0 aliphatic rings. The van der Waals surface area contributed by atoms with E-state index in [2.05, 4.69) is 10.6 Å². The van der Waals surface area contributed by atoms with Crippen molar-refractivity contribution in [1.82, 2.24) is 4.72 Å². The van der Waals surface area contributed by atoms with Gasteiger partial charge >= 0.3 is 0 Å². The highest BCUT2D eigenvalue weighted by molar-refractivity contribution is 7.89. The number of terminal acetylenes is 1. The van der Waals surface area contributed by atoms with Crippen LogP contribution in [-0.4, -0.2) is 15.0 Å². The molecule has 0 bridgehead atoms. The number of aryl methyl sites for hydroxylation is 1. The van der Waals surface area contributed by atoms with Crippen LogP contribution in [0.3, 0.4) is 0 Å². The number of unbranched alkanes of at least 4 members (excludes halogenated alkanes) is 2. The second-order valence-electron chi connectivity index (χ2n) is 3.88. The molecule has 0 aromatic heterocycles. The Labute approximate surface area is 103 Å². The first-order chi connectivity index (χ1) is 8.06. The fourth-order valence-corrected chi connectivity index (χ4v) is 2.60. The topological polar surface area (TPSA) is 46.2 Å². The van der Waals surface area contributed by atoms with Crippen LogP contribution >= 0.6 is 0 Å². The fourth-order valence-electron chi connectivity index (χ4n) is 1.42. The molecule has 0 aliphatic heterocycles. The normalized spacial score (nSPS) is 11.1. The molecule has 0 saturated heterocycles. The minimum absolute atomic E-state index is 0.314. The lowest BCUT2D eigenvalue weighted by Gasteiger charge is -2.06. The van der Waals surface area contributed by atoms with Gasteiger partial charge in [-0.05, 0) is 37.5 Å². The molecule has 3 nitrogen and oxygen atoms in total. The average molecular weight is 251 g/mol. The maximum atomic E-state index is 11.9. The van der Waals surface area contributed by atoms with E-state index in [4.69, 9.17) is 6.42 Å². The first kappa shape index (κ1) is 13.8. The minimum Gasteiger partial charge on any atom is -0.211 e. The van der Waals surface area contributed by atoms with Gasteiger partial charge in [-0.3, -0.25) is 0 Å². The first-order valence-corrected chi connectivity index (χ1v) is 7.04. The van der Waals surface area contributed by atoms with Crippen LogP contribution in [0.5, 0.6) is 0 Å². The molecule has 0 radical (unpaired) electrons. The predicted molar refractivity (Wildman–Crippen MR) is 69.1 cm³/mol.